The van der Waals surface area contributed by atoms with Gasteiger partial charge in [0.1, 0.15) is 5.75 Å². The van der Waals surface area contributed by atoms with Crippen LogP contribution in [0.1, 0.15) is 25.3 Å². The van der Waals surface area contributed by atoms with Gasteiger partial charge < -0.3 is 20.1 Å². The Bertz CT molecular complexity index is 604. The SMILES string of the molecule is C=CCNC(=NCC1(c2cc(Cl)ccc2OC)CCOCC1)NCC.I. The Hall–Kier alpha value is -0.990. The number of ether oxygens (including phenoxy) is 2. The van der Waals surface area contributed by atoms with E-state index in [-0.39, 0.29) is 29.4 Å². The van der Waals surface area contributed by atoms with E-state index in [0.717, 1.165) is 36.7 Å². The number of halogens is 2. The number of nitrogens with one attached hydrogen (secondary N) is 2. The van der Waals surface area contributed by atoms with Crippen LogP contribution >= 0.6 is 35.6 Å². The van der Waals surface area contributed by atoms with Gasteiger partial charge in [0.25, 0.3) is 0 Å². The lowest BCUT2D eigenvalue weighted by molar-refractivity contribution is 0.0523. The highest BCUT2D eigenvalue weighted by Gasteiger charge is 2.37. The Labute approximate surface area is 178 Å². The summed E-state index contributed by atoms with van der Waals surface area (Å²) in [5.74, 6) is 1.64. The summed E-state index contributed by atoms with van der Waals surface area (Å²) in [6.07, 6.45) is 3.58. The monoisotopic (exact) mass is 493 g/mol. The number of aliphatic imine (C=N–C) groups is 1. The van der Waals surface area contributed by atoms with E-state index in [4.69, 9.17) is 26.1 Å². The minimum absolute atomic E-state index is 0. The first kappa shape index (κ1) is 23.0. The molecular formula is C19H29ClIN3O2. The van der Waals surface area contributed by atoms with Crippen molar-refractivity contribution in [2.45, 2.75) is 25.2 Å². The van der Waals surface area contributed by atoms with Crippen LogP contribution < -0.4 is 15.4 Å². The molecule has 26 heavy (non-hydrogen) atoms. The molecule has 1 heterocycles. The number of hydrogen-bond acceptors (Lipinski definition) is 3. The van der Waals surface area contributed by atoms with Crippen molar-refractivity contribution in [3.05, 3.63) is 41.4 Å². The second-order valence-corrected chi connectivity index (χ2v) is 6.54. The van der Waals surface area contributed by atoms with E-state index in [9.17, 15) is 0 Å². The van der Waals surface area contributed by atoms with Crippen molar-refractivity contribution in [3.8, 4) is 5.75 Å². The third kappa shape index (κ3) is 6.03. The van der Waals surface area contributed by atoms with Gasteiger partial charge in [-0.15, -0.1) is 30.6 Å². The molecule has 1 saturated heterocycles. The molecule has 0 bridgehead atoms. The van der Waals surface area contributed by atoms with Crippen molar-refractivity contribution < 1.29 is 9.47 Å². The largest absolute Gasteiger partial charge is 0.496 e. The molecule has 0 radical (unpaired) electrons. The van der Waals surface area contributed by atoms with Crippen molar-refractivity contribution in [3.63, 3.8) is 0 Å². The molecular weight excluding hydrogens is 465 g/mol. The molecule has 5 nitrogen and oxygen atoms in total. The third-order valence-corrected chi connectivity index (χ3v) is 4.72. The molecule has 2 rings (SSSR count). The zero-order valence-corrected chi connectivity index (χ0v) is 18.6. The van der Waals surface area contributed by atoms with Gasteiger partial charge in [-0.25, -0.2) is 0 Å². The second kappa shape index (κ2) is 11.7. The summed E-state index contributed by atoms with van der Waals surface area (Å²) >= 11 is 6.28. The van der Waals surface area contributed by atoms with Gasteiger partial charge in [-0.2, -0.15) is 0 Å². The smallest absolute Gasteiger partial charge is 0.191 e. The summed E-state index contributed by atoms with van der Waals surface area (Å²) in [7, 11) is 1.69. The van der Waals surface area contributed by atoms with E-state index in [1.165, 1.54) is 0 Å². The lowest BCUT2D eigenvalue weighted by Gasteiger charge is -2.37. The maximum atomic E-state index is 6.28. The molecule has 0 spiro atoms. The van der Waals surface area contributed by atoms with Gasteiger partial charge in [0.15, 0.2) is 5.96 Å². The molecule has 2 N–H and O–H groups in total. The van der Waals surface area contributed by atoms with Gasteiger partial charge >= 0.3 is 0 Å². The van der Waals surface area contributed by atoms with Crippen molar-refractivity contribution in [1.29, 1.82) is 0 Å². The van der Waals surface area contributed by atoms with Gasteiger partial charge in [-0.05, 0) is 38.0 Å². The number of methoxy groups -OCH3 is 1. The summed E-state index contributed by atoms with van der Waals surface area (Å²) < 4.78 is 11.2. The van der Waals surface area contributed by atoms with Crippen LogP contribution in [-0.4, -0.2) is 45.9 Å². The van der Waals surface area contributed by atoms with Crippen LogP contribution in [0, 0.1) is 0 Å². The normalized spacial score (nSPS) is 16.3. The van der Waals surface area contributed by atoms with Crippen molar-refractivity contribution in [1.82, 2.24) is 10.6 Å². The fraction of sp³-hybridized carbons (Fsp3) is 0.526. The summed E-state index contributed by atoms with van der Waals surface area (Å²) in [5, 5.41) is 7.23. The first-order valence-corrected chi connectivity index (χ1v) is 9.08. The van der Waals surface area contributed by atoms with E-state index in [1.807, 2.05) is 24.3 Å². The first-order chi connectivity index (χ1) is 12.1. The van der Waals surface area contributed by atoms with Crippen molar-refractivity contribution in [2.75, 3.05) is 40.0 Å². The van der Waals surface area contributed by atoms with Crippen LogP contribution in [-0.2, 0) is 10.2 Å². The second-order valence-electron chi connectivity index (χ2n) is 6.10. The predicted molar refractivity (Wildman–Crippen MR) is 119 cm³/mol. The number of rotatable bonds is 7. The first-order valence-electron chi connectivity index (χ1n) is 8.70. The summed E-state index contributed by atoms with van der Waals surface area (Å²) in [6.45, 7) is 9.33. The van der Waals surface area contributed by atoms with Crippen LogP contribution in [0.3, 0.4) is 0 Å². The highest BCUT2D eigenvalue weighted by atomic mass is 127. The minimum atomic E-state index is -0.148. The third-order valence-electron chi connectivity index (χ3n) is 4.48. The fourth-order valence-electron chi connectivity index (χ4n) is 3.11. The molecule has 1 fully saturated rings. The Morgan fingerprint density at radius 1 is 1.38 bits per heavy atom. The molecule has 1 aromatic carbocycles. The highest BCUT2D eigenvalue weighted by Crippen LogP contribution is 2.41. The highest BCUT2D eigenvalue weighted by molar-refractivity contribution is 14.0. The molecule has 0 aliphatic carbocycles. The zero-order valence-electron chi connectivity index (χ0n) is 15.5. The van der Waals surface area contributed by atoms with Crippen LogP contribution in [0.5, 0.6) is 5.75 Å². The van der Waals surface area contributed by atoms with Crippen LogP contribution in [0.4, 0.5) is 0 Å². The lowest BCUT2D eigenvalue weighted by atomic mass is 9.73. The molecule has 0 aromatic heterocycles. The standard InChI is InChI=1S/C19H28ClN3O2.HI/c1-4-10-22-18(21-5-2)23-14-19(8-11-25-12-9-19)16-13-15(20)6-7-17(16)24-3;/h4,6-7,13H,1,5,8-12,14H2,2-3H3,(H2,21,22,23);1H. The average Bonchev–Trinajstić information content (AvgIpc) is 2.64. The molecule has 1 aromatic rings. The Kier molecular flexibility index (Phi) is 10.3. The van der Waals surface area contributed by atoms with E-state index in [0.29, 0.717) is 31.3 Å². The fourth-order valence-corrected chi connectivity index (χ4v) is 3.28. The average molecular weight is 494 g/mol. The van der Waals surface area contributed by atoms with Gasteiger partial charge in [0, 0.05) is 42.3 Å². The number of hydrogen-bond donors (Lipinski definition) is 2. The molecule has 0 amide bonds. The molecule has 1 aliphatic heterocycles. The van der Waals surface area contributed by atoms with Crippen LogP contribution in [0.2, 0.25) is 5.02 Å². The molecule has 0 saturated carbocycles. The van der Waals surface area contributed by atoms with E-state index in [2.05, 4.69) is 24.1 Å². The van der Waals surface area contributed by atoms with Gasteiger partial charge in [-0.1, -0.05) is 17.7 Å². The molecule has 0 atom stereocenters. The minimum Gasteiger partial charge on any atom is -0.496 e. The molecule has 146 valence electrons. The molecule has 0 unspecified atom stereocenters. The van der Waals surface area contributed by atoms with Crippen molar-refractivity contribution in [2.24, 2.45) is 4.99 Å². The van der Waals surface area contributed by atoms with E-state index < -0.39 is 0 Å². The Balaban J connectivity index is 0.00000338. The number of guanidine groups is 1. The Morgan fingerprint density at radius 2 is 2.12 bits per heavy atom. The summed E-state index contributed by atoms with van der Waals surface area (Å²) in [4.78, 5) is 4.82. The summed E-state index contributed by atoms with van der Waals surface area (Å²) in [6, 6.07) is 5.79. The lowest BCUT2D eigenvalue weighted by Crippen LogP contribution is -2.41. The number of nitrogens with zero attached hydrogens (tertiary/aromatic N) is 1. The van der Waals surface area contributed by atoms with Crippen molar-refractivity contribution >= 4 is 41.5 Å². The molecule has 7 heteroatoms. The van der Waals surface area contributed by atoms with Gasteiger partial charge in [0.05, 0.1) is 13.7 Å². The van der Waals surface area contributed by atoms with Crippen LogP contribution in [0.25, 0.3) is 0 Å². The van der Waals surface area contributed by atoms with Gasteiger partial charge in [0.2, 0.25) is 0 Å². The van der Waals surface area contributed by atoms with Crippen LogP contribution in [0.15, 0.2) is 35.8 Å². The quantitative estimate of drug-likeness (QED) is 0.263. The zero-order chi connectivity index (χ0) is 18.1. The molecule has 1 aliphatic rings. The number of benzene rings is 1. The Morgan fingerprint density at radius 3 is 2.73 bits per heavy atom. The topological polar surface area (TPSA) is 54.9 Å². The predicted octanol–water partition coefficient (Wildman–Crippen LogP) is 3.76. The van der Waals surface area contributed by atoms with Gasteiger partial charge in [-0.3, -0.25) is 4.99 Å². The van der Waals surface area contributed by atoms with E-state index in [1.54, 1.807) is 7.11 Å². The summed E-state index contributed by atoms with van der Waals surface area (Å²) in [5.41, 5.74) is 0.958. The maximum Gasteiger partial charge on any atom is 0.191 e. The van der Waals surface area contributed by atoms with E-state index >= 15 is 0 Å². The maximum absolute atomic E-state index is 6.28.